The number of hydrogen-bond donors (Lipinski definition) is 3. The van der Waals surface area contributed by atoms with Gasteiger partial charge in [-0.05, 0) is 24.3 Å². The summed E-state index contributed by atoms with van der Waals surface area (Å²) in [7, 11) is 0. The fraction of sp³-hybridized carbons (Fsp3) is 0.120. The zero-order valence-electron chi connectivity index (χ0n) is 18.7. The molecule has 2 heterocycles. The number of amides is 2. The highest BCUT2D eigenvalue weighted by molar-refractivity contribution is 6.08. The third-order valence-electron chi connectivity index (χ3n) is 5.34. The van der Waals surface area contributed by atoms with Crippen LogP contribution in [0.25, 0.3) is 0 Å². The molecule has 36 heavy (non-hydrogen) atoms. The molecule has 0 bridgehead atoms. The molecule has 4 N–H and O–H groups in total. The number of carbonyl (C=O) groups excluding carboxylic acids is 1. The van der Waals surface area contributed by atoms with Crippen molar-refractivity contribution in [2.75, 3.05) is 0 Å². The summed E-state index contributed by atoms with van der Waals surface area (Å²) in [6.07, 6.45) is -0.957. The van der Waals surface area contributed by atoms with Gasteiger partial charge in [0, 0.05) is 36.1 Å². The lowest BCUT2D eigenvalue weighted by Crippen LogP contribution is -2.41. The second-order valence-corrected chi connectivity index (χ2v) is 7.72. The normalized spacial score (nSPS) is 16.6. The lowest BCUT2D eigenvalue weighted by atomic mass is 9.98. The number of urea groups is 1. The van der Waals surface area contributed by atoms with Crippen LogP contribution in [-0.4, -0.2) is 38.7 Å². The quantitative estimate of drug-likeness (QED) is 0.443. The highest BCUT2D eigenvalue weighted by Gasteiger charge is 2.41. The fourth-order valence-electron chi connectivity index (χ4n) is 3.68. The van der Waals surface area contributed by atoms with Crippen LogP contribution < -0.4 is 11.1 Å². The number of para-hydroxylation sites is 2. The molecule has 0 fully saturated rings. The minimum atomic E-state index is -4.92. The first-order chi connectivity index (χ1) is 17.3. The molecule has 0 saturated heterocycles. The highest BCUT2D eigenvalue weighted by atomic mass is 19.4. The predicted molar refractivity (Wildman–Crippen MR) is 128 cm³/mol. The number of pyridine rings is 1. The predicted octanol–water partition coefficient (Wildman–Crippen LogP) is 4.78. The molecule has 2 aromatic carbocycles. The van der Waals surface area contributed by atoms with E-state index in [9.17, 15) is 23.1 Å². The SMILES string of the molecule is NC=C(NC(=O)N1N=C(c2cccnc2)CC1c1ccccc1O)C(=Nc1ccccc1)C(F)(F)F. The zero-order valence-corrected chi connectivity index (χ0v) is 18.7. The zero-order chi connectivity index (χ0) is 25.7. The number of aromatic nitrogens is 1. The van der Waals surface area contributed by atoms with Crippen LogP contribution >= 0.6 is 0 Å². The van der Waals surface area contributed by atoms with Crippen LogP contribution in [0.2, 0.25) is 0 Å². The standard InChI is InChI=1S/C25H21F3N6O2/c26-25(27,28)23(31-17-8-2-1-3-9-17)20(14-29)32-24(36)34-21(18-10-4-5-11-22(18)35)13-19(33-34)16-7-6-12-30-15-16/h1-12,14-15,21,35H,13,29H2,(H,32,36). The van der Waals surface area contributed by atoms with Gasteiger partial charge in [-0.2, -0.15) is 18.3 Å². The molecular weight excluding hydrogens is 473 g/mol. The van der Waals surface area contributed by atoms with E-state index in [4.69, 9.17) is 5.73 Å². The van der Waals surface area contributed by atoms with E-state index in [0.29, 0.717) is 23.0 Å². The van der Waals surface area contributed by atoms with Gasteiger partial charge < -0.3 is 16.2 Å². The van der Waals surface area contributed by atoms with Crippen LogP contribution in [0, 0.1) is 0 Å². The van der Waals surface area contributed by atoms with Gasteiger partial charge in [0.2, 0.25) is 0 Å². The van der Waals surface area contributed by atoms with Crippen molar-refractivity contribution in [1.82, 2.24) is 15.3 Å². The molecule has 0 radical (unpaired) electrons. The number of carbonyl (C=O) groups is 1. The molecule has 1 aliphatic rings. The van der Waals surface area contributed by atoms with Gasteiger partial charge in [0.1, 0.15) is 5.75 Å². The minimum Gasteiger partial charge on any atom is -0.508 e. The Morgan fingerprint density at radius 2 is 1.83 bits per heavy atom. The molecule has 11 heteroatoms. The van der Waals surface area contributed by atoms with Gasteiger partial charge in [-0.1, -0.05) is 42.5 Å². The van der Waals surface area contributed by atoms with Crippen LogP contribution in [0.4, 0.5) is 23.7 Å². The first-order valence-corrected chi connectivity index (χ1v) is 10.8. The van der Waals surface area contributed by atoms with Gasteiger partial charge >= 0.3 is 12.2 Å². The number of allylic oxidation sites excluding steroid dienone is 1. The van der Waals surface area contributed by atoms with Crippen molar-refractivity contribution in [2.24, 2.45) is 15.8 Å². The van der Waals surface area contributed by atoms with Crippen LogP contribution in [0.15, 0.2) is 101 Å². The maximum atomic E-state index is 13.9. The van der Waals surface area contributed by atoms with Crippen LogP contribution in [0.1, 0.15) is 23.6 Å². The summed E-state index contributed by atoms with van der Waals surface area (Å²) in [5, 5.41) is 17.9. The maximum Gasteiger partial charge on any atom is 0.435 e. The van der Waals surface area contributed by atoms with E-state index in [1.165, 1.54) is 30.3 Å². The lowest BCUT2D eigenvalue weighted by Gasteiger charge is -2.24. The molecule has 2 amide bonds. The molecule has 0 aliphatic carbocycles. The smallest absolute Gasteiger partial charge is 0.435 e. The van der Waals surface area contributed by atoms with Gasteiger partial charge in [-0.3, -0.25) is 4.98 Å². The average Bonchev–Trinajstić information content (AvgIpc) is 3.32. The second kappa shape index (κ2) is 10.3. The Labute approximate surface area is 204 Å². The van der Waals surface area contributed by atoms with Crippen molar-refractivity contribution in [1.29, 1.82) is 0 Å². The summed E-state index contributed by atoms with van der Waals surface area (Å²) in [5.74, 6) is -0.0841. The topological polar surface area (TPSA) is 116 Å². The number of alkyl halides is 3. The maximum absolute atomic E-state index is 13.9. The number of halogens is 3. The number of rotatable bonds is 5. The van der Waals surface area contributed by atoms with Crippen LogP contribution in [-0.2, 0) is 0 Å². The summed E-state index contributed by atoms with van der Waals surface area (Å²) in [6, 6.07) is 15.5. The van der Waals surface area contributed by atoms with Crippen molar-refractivity contribution >= 4 is 23.1 Å². The number of phenols is 1. The first-order valence-electron chi connectivity index (χ1n) is 10.8. The van der Waals surface area contributed by atoms with Gasteiger partial charge in [-0.15, -0.1) is 0 Å². The molecule has 1 aromatic heterocycles. The molecule has 0 saturated carbocycles. The Balaban J connectivity index is 1.69. The molecule has 8 nitrogen and oxygen atoms in total. The van der Waals surface area contributed by atoms with E-state index >= 15 is 0 Å². The molecule has 1 unspecified atom stereocenters. The Kier molecular flexibility index (Phi) is 7.00. The molecule has 4 rings (SSSR count). The lowest BCUT2D eigenvalue weighted by molar-refractivity contribution is -0.0584. The number of phenolic OH excluding ortho intramolecular Hbond substituents is 1. The number of benzene rings is 2. The summed E-state index contributed by atoms with van der Waals surface area (Å²) >= 11 is 0. The number of hydrazone groups is 1. The third kappa shape index (κ3) is 5.35. The third-order valence-corrected chi connectivity index (χ3v) is 5.34. The van der Waals surface area contributed by atoms with Gasteiger partial charge in [0.15, 0.2) is 5.71 Å². The van der Waals surface area contributed by atoms with Crippen molar-refractivity contribution in [3.05, 3.63) is 102 Å². The number of hydrogen-bond acceptors (Lipinski definition) is 6. The highest BCUT2D eigenvalue weighted by Crippen LogP contribution is 2.37. The molecule has 0 spiro atoms. The summed E-state index contributed by atoms with van der Waals surface area (Å²) in [4.78, 5) is 21.0. The molecule has 1 aliphatic heterocycles. The van der Waals surface area contributed by atoms with Gasteiger partial charge in [0.05, 0.1) is 23.1 Å². The number of nitrogens with zero attached hydrogens (tertiary/aromatic N) is 4. The molecular formula is C25H21F3N6O2. The van der Waals surface area contributed by atoms with Gasteiger partial charge in [0.25, 0.3) is 0 Å². The van der Waals surface area contributed by atoms with Crippen molar-refractivity contribution in [3.63, 3.8) is 0 Å². The number of nitrogens with one attached hydrogen (secondary N) is 1. The van der Waals surface area contributed by atoms with E-state index in [1.54, 1.807) is 48.8 Å². The monoisotopic (exact) mass is 494 g/mol. The van der Waals surface area contributed by atoms with Crippen molar-refractivity contribution < 1.29 is 23.1 Å². The fourth-order valence-corrected chi connectivity index (χ4v) is 3.68. The summed E-state index contributed by atoms with van der Waals surface area (Å²) in [6.45, 7) is 0. The largest absolute Gasteiger partial charge is 0.508 e. The van der Waals surface area contributed by atoms with E-state index in [1.807, 2.05) is 0 Å². The first kappa shape index (κ1) is 24.5. The van der Waals surface area contributed by atoms with E-state index in [0.717, 1.165) is 5.01 Å². The summed E-state index contributed by atoms with van der Waals surface area (Å²) < 4.78 is 41.7. The number of aliphatic imine (C=N–C) groups is 1. The van der Waals surface area contributed by atoms with Crippen LogP contribution in [0.3, 0.4) is 0 Å². The Bertz CT molecular complexity index is 1320. The summed E-state index contributed by atoms with van der Waals surface area (Å²) in [5.41, 5.74) is 4.89. The average molecular weight is 494 g/mol. The van der Waals surface area contributed by atoms with E-state index in [2.05, 4.69) is 20.4 Å². The molecule has 1 atom stereocenters. The number of nitrogens with two attached hydrogens (primary N) is 1. The van der Waals surface area contributed by atoms with Crippen molar-refractivity contribution in [2.45, 2.75) is 18.6 Å². The van der Waals surface area contributed by atoms with Gasteiger partial charge in [-0.25, -0.2) is 14.8 Å². The second-order valence-electron chi connectivity index (χ2n) is 7.72. The number of aromatic hydroxyl groups is 1. The van der Waals surface area contributed by atoms with Crippen molar-refractivity contribution in [3.8, 4) is 5.75 Å². The van der Waals surface area contributed by atoms with Crippen LogP contribution in [0.5, 0.6) is 5.75 Å². The Hall–Kier alpha value is -4.67. The van der Waals surface area contributed by atoms with E-state index < -0.39 is 29.7 Å². The van der Waals surface area contributed by atoms with E-state index in [-0.39, 0.29) is 17.9 Å². The minimum absolute atomic E-state index is 0.0311. The Morgan fingerprint density at radius 1 is 1.11 bits per heavy atom. The molecule has 3 aromatic rings. The Morgan fingerprint density at radius 3 is 2.47 bits per heavy atom. The molecule has 184 valence electrons.